The fourth-order valence-corrected chi connectivity index (χ4v) is 2.80. The zero-order valence-electron chi connectivity index (χ0n) is 12.6. The number of benzene rings is 2. The van der Waals surface area contributed by atoms with Crippen molar-refractivity contribution in [1.29, 1.82) is 0 Å². The van der Waals surface area contributed by atoms with Crippen LogP contribution < -0.4 is 4.90 Å². The molecule has 0 fully saturated rings. The number of pyridine rings is 1. The van der Waals surface area contributed by atoms with Crippen LogP contribution in [0.4, 0.5) is 5.69 Å². The second kappa shape index (κ2) is 6.20. The lowest BCUT2D eigenvalue weighted by Gasteiger charge is -2.14. The molecule has 0 saturated carbocycles. The van der Waals surface area contributed by atoms with Gasteiger partial charge in [0.1, 0.15) is 0 Å². The first-order valence-electron chi connectivity index (χ1n) is 7.14. The van der Waals surface area contributed by atoms with Crippen molar-refractivity contribution in [2.45, 2.75) is 0 Å². The minimum Gasteiger partial charge on any atom is -0.376 e. The smallest absolute Gasteiger partial charge is 0.0707 e. The summed E-state index contributed by atoms with van der Waals surface area (Å²) in [7, 11) is 3.97. The Bertz CT molecular complexity index is 832. The lowest BCUT2D eigenvalue weighted by molar-refractivity contribution is 1.13. The molecular formula is C19H17ClN2. The molecule has 0 N–H and O–H groups in total. The summed E-state index contributed by atoms with van der Waals surface area (Å²) in [6.45, 7) is 0. The van der Waals surface area contributed by atoms with Crippen LogP contribution in [0.25, 0.3) is 23.1 Å². The normalized spacial score (nSPS) is 11.2. The molecule has 0 aliphatic rings. The maximum absolute atomic E-state index is 6.32. The summed E-state index contributed by atoms with van der Waals surface area (Å²) in [6.07, 6.45) is 6.02. The first-order valence-corrected chi connectivity index (χ1v) is 7.51. The van der Waals surface area contributed by atoms with Gasteiger partial charge in [-0.25, -0.2) is 0 Å². The van der Waals surface area contributed by atoms with Gasteiger partial charge in [-0.1, -0.05) is 48.0 Å². The zero-order chi connectivity index (χ0) is 15.5. The number of anilines is 1. The predicted octanol–water partition coefficient (Wildman–Crippen LogP) is 5.12. The minimum absolute atomic E-state index is 0.756. The molecule has 0 radical (unpaired) electrons. The van der Waals surface area contributed by atoms with E-state index >= 15 is 0 Å². The van der Waals surface area contributed by atoms with Crippen molar-refractivity contribution in [3.05, 3.63) is 70.9 Å². The summed E-state index contributed by atoms with van der Waals surface area (Å²) in [6, 6.07) is 16.3. The molecule has 0 spiro atoms. The van der Waals surface area contributed by atoms with E-state index in [0.717, 1.165) is 32.7 Å². The molecule has 1 aromatic heterocycles. The van der Waals surface area contributed by atoms with Gasteiger partial charge < -0.3 is 4.90 Å². The van der Waals surface area contributed by atoms with E-state index in [1.54, 1.807) is 0 Å². The molecule has 3 rings (SSSR count). The van der Waals surface area contributed by atoms with Gasteiger partial charge in [0.2, 0.25) is 0 Å². The number of halogens is 1. The lowest BCUT2D eigenvalue weighted by atomic mass is 10.1. The van der Waals surface area contributed by atoms with Gasteiger partial charge in [0.15, 0.2) is 0 Å². The summed E-state index contributed by atoms with van der Waals surface area (Å²) in [5, 5.41) is 1.91. The van der Waals surface area contributed by atoms with E-state index in [-0.39, 0.29) is 0 Å². The second-order valence-corrected chi connectivity index (χ2v) is 5.76. The quantitative estimate of drug-likeness (QED) is 0.667. The fourth-order valence-electron chi connectivity index (χ4n) is 2.44. The van der Waals surface area contributed by atoms with Crippen LogP contribution in [0.5, 0.6) is 0 Å². The molecule has 3 heteroatoms. The Morgan fingerprint density at radius 1 is 1.00 bits per heavy atom. The van der Waals surface area contributed by atoms with Crippen molar-refractivity contribution in [2.75, 3.05) is 19.0 Å². The fraction of sp³-hybridized carbons (Fsp3) is 0.105. The highest BCUT2D eigenvalue weighted by molar-refractivity contribution is 6.33. The van der Waals surface area contributed by atoms with Crippen LogP contribution in [0.15, 0.2) is 54.7 Å². The molecule has 2 aromatic carbocycles. The third-order valence-electron chi connectivity index (χ3n) is 3.59. The van der Waals surface area contributed by atoms with Crippen LogP contribution in [0.1, 0.15) is 11.1 Å². The van der Waals surface area contributed by atoms with E-state index in [2.05, 4.69) is 29.3 Å². The Morgan fingerprint density at radius 2 is 1.82 bits per heavy atom. The van der Waals surface area contributed by atoms with Crippen molar-refractivity contribution >= 4 is 40.3 Å². The van der Waals surface area contributed by atoms with Crippen LogP contribution in [0.3, 0.4) is 0 Å². The summed E-state index contributed by atoms with van der Waals surface area (Å²) in [5.41, 5.74) is 4.26. The van der Waals surface area contributed by atoms with Gasteiger partial charge in [-0.05, 0) is 35.4 Å². The molecule has 3 aromatic rings. The molecule has 22 heavy (non-hydrogen) atoms. The van der Waals surface area contributed by atoms with Crippen molar-refractivity contribution < 1.29 is 0 Å². The molecule has 110 valence electrons. The Labute approximate surface area is 135 Å². The molecule has 0 aliphatic carbocycles. The summed E-state index contributed by atoms with van der Waals surface area (Å²) >= 11 is 6.32. The van der Waals surface area contributed by atoms with Gasteiger partial charge in [0, 0.05) is 25.7 Å². The standard InChI is InChI=1S/C19H17ClN2/c1-22(2)19-10-8-14(13-17(19)20)7-9-15-11-12-21-18-6-4-3-5-16(15)18/h3-13H,1-2H3/b9-7+. The molecular weight excluding hydrogens is 292 g/mol. The number of rotatable bonds is 3. The lowest BCUT2D eigenvalue weighted by Crippen LogP contribution is -2.08. The van der Waals surface area contributed by atoms with Crippen LogP contribution in [0.2, 0.25) is 5.02 Å². The van der Waals surface area contributed by atoms with Crippen LogP contribution in [0, 0.1) is 0 Å². The molecule has 0 amide bonds. The van der Waals surface area contributed by atoms with Gasteiger partial charge in [0.25, 0.3) is 0 Å². The van der Waals surface area contributed by atoms with Gasteiger partial charge >= 0.3 is 0 Å². The molecule has 2 nitrogen and oxygen atoms in total. The summed E-state index contributed by atoms with van der Waals surface area (Å²) < 4.78 is 0. The topological polar surface area (TPSA) is 16.1 Å². The number of hydrogen-bond donors (Lipinski definition) is 0. The molecule has 0 atom stereocenters. The van der Waals surface area contributed by atoms with Gasteiger partial charge in [-0.2, -0.15) is 0 Å². The van der Waals surface area contributed by atoms with E-state index in [1.807, 2.05) is 61.6 Å². The molecule has 1 heterocycles. The van der Waals surface area contributed by atoms with E-state index in [4.69, 9.17) is 11.6 Å². The third-order valence-corrected chi connectivity index (χ3v) is 3.89. The van der Waals surface area contributed by atoms with E-state index < -0.39 is 0 Å². The monoisotopic (exact) mass is 308 g/mol. The molecule has 0 saturated heterocycles. The van der Waals surface area contributed by atoms with Gasteiger partial charge in [0.05, 0.1) is 16.2 Å². The number of aromatic nitrogens is 1. The van der Waals surface area contributed by atoms with Crippen molar-refractivity contribution in [1.82, 2.24) is 4.98 Å². The minimum atomic E-state index is 0.756. The number of fused-ring (bicyclic) bond motifs is 1. The third kappa shape index (κ3) is 2.97. The second-order valence-electron chi connectivity index (χ2n) is 5.36. The SMILES string of the molecule is CN(C)c1ccc(/C=C/c2ccnc3ccccc23)cc1Cl. The van der Waals surface area contributed by atoms with Gasteiger partial charge in [-0.15, -0.1) is 0 Å². The van der Waals surface area contributed by atoms with Gasteiger partial charge in [-0.3, -0.25) is 4.98 Å². The number of para-hydroxylation sites is 1. The molecule has 0 unspecified atom stereocenters. The maximum Gasteiger partial charge on any atom is 0.0707 e. The number of nitrogens with zero attached hydrogens (tertiary/aromatic N) is 2. The first kappa shape index (κ1) is 14.6. The Hall–Kier alpha value is -2.32. The van der Waals surface area contributed by atoms with Crippen molar-refractivity contribution in [3.8, 4) is 0 Å². The number of hydrogen-bond acceptors (Lipinski definition) is 2. The highest BCUT2D eigenvalue weighted by Crippen LogP contribution is 2.26. The maximum atomic E-state index is 6.32. The average Bonchev–Trinajstić information content (AvgIpc) is 2.52. The van der Waals surface area contributed by atoms with E-state index in [0.29, 0.717) is 0 Å². The van der Waals surface area contributed by atoms with Crippen LogP contribution in [-0.2, 0) is 0 Å². The van der Waals surface area contributed by atoms with Crippen LogP contribution in [-0.4, -0.2) is 19.1 Å². The highest BCUT2D eigenvalue weighted by atomic mass is 35.5. The zero-order valence-corrected chi connectivity index (χ0v) is 13.4. The molecule has 0 aliphatic heterocycles. The molecule has 0 bridgehead atoms. The Balaban J connectivity index is 1.95. The predicted molar refractivity (Wildman–Crippen MR) is 96.5 cm³/mol. The Kier molecular flexibility index (Phi) is 4.12. The van der Waals surface area contributed by atoms with Crippen LogP contribution >= 0.6 is 11.6 Å². The van der Waals surface area contributed by atoms with Crippen molar-refractivity contribution in [3.63, 3.8) is 0 Å². The summed E-state index contributed by atoms with van der Waals surface area (Å²) in [5.74, 6) is 0. The van der Waals surface area contributed by atoms with Crippen molar-refractivity contribution in [2.24, 2.45) is 0 Å². The average molecular weight is 309 g/mol. The summed E-state index contributed by atoms with van der Waals surface area (Å²) in [4.78, 5) is 6.39. The highest BCUT2D eigenvalue weighted by Gasteiger charge is 2.02. The largest absolute Gasteiger partial charge is 0.376 e. The Morgan fingerprint density at radius 3 is 2.59 bits per heavy atom. The first-order chi connectivity index (χ1) is 10.6. The van der Waals surface area contributed by atoms with E-state index in [1.165, 1.54) is 0 Å². The van der Waals surface area contributed by atoms with E-state index in [9.17, 15) is 0 Å².